The second-order valence-corrected chi connectivity index (χ2v) is 8.99. The molecule has 3 nitrogen and oxygen atoms in total. The molecule has 1 aliphatic rings. The molecular formula is C18H29NO2S. The molecular weight excluding hydrogens is 294 g/mol. The van der Waals surface area contributed by atoms with Crippen LogP contribution in [0.15, 0.2) is 12.1 Å². The van der Waals surface area contributed by atoms with Crippen molar-refractivity contribution in [1.82, 2.24) is 4.90 Å². The number of rotatable bonds is 6. The second kappa shape index (κ2) is 7.14. The molecule has 4 heteroatoms. The summed E-state index contributed by atoms with van der Waals surface area (Å²) in [5.41, 5.74) is 5.30. The van der Waals surface area contributed by atoms with E-state index in [0.29, 0.717) is 11.5 Å². The molecule has 1 fully saturated rings. The molecule has 0 N–H and O–H groups in total. The zero-order valence-electron chi connectivity index (χ0n) is 14.4. The Hall–Kier alpha value is -0.870. The predicted molar refractivity (Wildman–Crippen MR) is 93.0 cm³/mol. The van der Waals surface area contributed by atoms with Gasteiger partial charge in [0.1, 0.15) is 0 Å². The number of aryl methyl sites for hydroxylation is 3. The van der Waals surface area contributed by atoms with Crippen molar-refractivity contribution in [3.8, 4) is 0 Å². The van der Waals surface area contributed by atoms with Gasteiger partial charge < -0.3 is 0 Å². The molecule has 124 valence electrons. The van der Waals surface area contributed by atoms with Crippen LogP contribution in [0.2, 0.25) is 0 Å². The standard InChI is InChI=1S/C18H29NO2S/c1-5-6-8-19(17-7-9-22(20,21)13-17)12-18-15(3)10-14(2)11-16(18)4/h10-11,17H,5-9,12-13H2,1-4H3/t17-/m0/s1. The van der Waals surface area contributed by atoms with Gasteiger partial charge in [0.15, 0.2) is 9.84 Å². The van der Waals surface area contributed by atoms with E-state index >= 15 is 0 Å². The minimum Gasteiger partial charge on any atom is -0.295 e. The van der Waals surface area contributed by atoms with Gasteiger partial charge in [-0.25, -0.2) is 8.42 Å². The molecule has 1 aromatic rings. The second-order valence-electron chi connectivity index (χ2n) is 6.76. The largest absolute Gasteiger partial charge is 0.295 e. The van der Waals surface area contributed by atoms with Crippen LogP contribution in [0, 0.1) is 20.8 Å². The minimum atomic E-state index is -2.83. The first kappa shape index (κ1) is 17.5. The van der Waals surface area contributed by atoms with Gasteiger partial charge in [-0.1, -0.05) is 31.0 Å². The van der Waals surface area contributed by atoms with E-state index in [9.17, 15) is 8.42 Å². The third kappa shape index (κ3) is 4.32. The Labute approximate surface area is 135 Å². The summed E-state index contributed by atoms with van der Waals surface area (Å²) >= 11 is 0. The first-order valence-electron chi connectivity index (χ1n) is 8.33. The van der Waals surface area contributed by atoms with Gasteiger partial charge in [0.25, 0.3) is 0 Å². The van der Waals surface area contributed by atoms with Crippen molar-refractivity contribution < 1.29 is 8.42 Å². The van der Waals surface area contributed by atoms with Gasteiger partial charge in [0, 0.05) is 12.6 Å². The Kier molecular flexibility index (Phi) is 5.67. The van der Waals surface area contributed by atoms with Crippen LogP contribution in [-0.2, 0) is 16.4 Å². The zero-order valence-corrected chi connectivity index (χ0v) is 15.2. The molecule has 1 atom stereocenters. The van der Waals surface area contributed by atoms with Crippen LogP contribution in [0.4, 0.5) is 0 Å². The summed E-state index contributed by atoms with van der Waals surface area (Å²) in [4.78, 5) is 2.40. The van der Waals surface area contributed by atoms with Crippen molar-refractivity contribution in [2.45, 2.75) is 59.5 Å². The van der Waals surface area contributed by atoms with E-state index in [1.807, 2.05) is 0 Å². The number of hydrogen-bond acceptors (Lipinski definition) is 3. The highest BCUT2D eigenvalue weighted by molar-refractivity contribution is 7.91. The minimum absolute atomic E-state index is 0.191. The summed E-state index contributed by atoms with van der Waals surface area (Å²) in [6.07, 6.45) is 3.05. The lowest BCUT2D eigenvalue weighted by molar-refractivity contribution is 0.199. The van der Waals surface area contributed by atoms with E-state index < -0.39 is 9.84 Å². The van der Waals surface area contributed by atoms with Crippen molar-refractivity contribution in [3.05, 3.63) is 34.4 Å². The van der Waals surface area contributed by atoms with E-state index in [0.717, 1.165) is 32.4 Å². The Bertz CT molecular complexity index is 599. The van der Waals surface area contributed by atoms with Crippen molar-refractivity contribution in [1.29, 1.82) is 0 Å². The lowest BCUT2D eigenvalue weighted by Gasteiger charge is -2.29. The summed E-state index contributed by atoms with van der Waals surface area (Å²) in [6, 6.07) is 4.65. The normalized spacial score (nSPS) is 20.7. The predicted octanol–water partition coefficient (Wildman–Crippen LogP) is 3.40. The Morgan fingerprint density at radius 2 is 1.82 bits per heavy atom. The molecule has 22 heavy (non-hydrogen) atoms. The van der Waals surface area contributed by atoms with E-state index in [4.69, 9.17) is 0 Å². The van der Waals surface area contributed by atoms with E-state index in [1.165, 1.54) is 22.3 Å². The first-order valence-corrected chi connectivity index (χ1v) is 10.2. The number of hydrogen-bond donors (Lipinski definition) is 0. The van der Waals surface area contributed by atoms with Crippen LogP contribution < -0.4 is 0 Å². The van der Waals surface area contributed by atoms with Crippen LogP contribution >= 0.6 is 0 Å². The van der Waals surface area contributed by atoms with Crippen LogP contribution in [0.25, 0.3) is 0 Å². The molecule has 0 aromatic heterocycles. The van der Waals surface area contributed by atoms with Gasteiger partial charge in [-0.2, -0.15) is 0 Å². The smallest absolute Gasteiger partial charge is 0.151 e. The topological polar surface area (TPSA) is 37.4 Å². The molecule has 1 aromatic carbocycles. The molecule has 1 saturated heterocycles. The molecule has 0 amide bonds. The van der Waals surface area contributed by atoms with Crippen molar-refractivity contribution in [2.75, 3.05) is 18.1 Å². The summed E-state index contributed by atoms with van der Waals surface area (Å²) in [7, 11) is -2.83. The van der Waals surface area contributed by atoms with Crippen molar-refractivity contribution in [3.63, 3.8) is 0 Å². The molecule has 0 unspecified atom stereocenters. The highest BCUT2D eigenvalue weighted by Gasteiger charge is 2.32. The Balaban J connectivity index is 2.20. The molecule has 0 aliphatic carbocycles. The maximum Gasteiger partial charge on any atom is 0.151 e. The fourth-order valence-electron chi connectivity index (χ4n) is 3.48. The van der Waals surface area contributed by atoms with Crippen molar-refractivity contribution >= 4 is 9.84 Å². The Morgan fingerprint density at radius 1 is 1.18 bits per heavy atom. The number of sulfone groups is 1. The third-order valence-electron chi connectivity index (χ3n) is 4.73. The third-order valence-corrected chi connectivity index (χ3v) is 6.48. The van der Waals surface area contributed by atoms with Gasteiger partial charge in [-0.05, 0) is 56.8 Å². The maximum absolute atomic E-state index is 11.8. The SMILES string of the molecule is CCCCN(Cc1c(C)cc(C)cc1C)[C@H]1CCS(=O)(=O)C1. The van der Waals surface area contributed by atoms with Gasteiger partial charge in [0.2, 0.25) is 0 Å². The molecule has 2 rings (SSSR count). The number of unbranched alkanes of at least 4 members (excludes halogenated alkanes) is 1. The van der Waals surface area contributed by atoms with Gasteiger partial charge in [-0.3, -0.25) is 4.90 Å². The molecule has 0 saturated carbocycles. The highest BCUT2D eigenvalue weighted by atomic mass is 32.2. The van der Waals surface area contributed by atoms with E-state index in [-0.39, 0.29) is 6.04 Å². The van der Waals surface area contributed by atoms with E-state index in [2.05, 4.69) is 44.7 Å². The number of nitrogens with zero attached hydrogens (tertiary/aromatic N) is 1. The average molecular weight is 324 g/mol. The maximum atomic E-state index is 11.8. The molecule has 1 aliphatic heterocycles. The van der Waals surface area contributed by atoms with Gasteiger partial charge in [-0.15, -0.1) is 0 Å². The highest BCUT2D eigenvalue weighted by Crippen LogP contribution is 2.24. The summed E-state index contributed by atoms with van der Waals surface area (Å²) in [5, 5.41) is 0. The van der Waals surface area contributed by atoms with Crippen LogP contribution in [-0.4, -0.2) is 37.4 Å². The van der Waals surface area contributed by atoms with Crippen LogP contribution in [0.5, 0.6) is 0 Å². The summed E-state index contributed by atoms with van der Waals surface area (Å²) in [5.74, 6) is 0.687. The van der Waals surface area contributed by atoms with Gasteiger partial charge >= 0.3 is 0 Å². The fraction of sp³-hybridized carbons (Fsp3) is 0.667. The lowest BCUT2D eigenvalue weighted by atomic mass is 9.98. The summed E-state index contributed by atoms with van der Waals surface area (Å²) in [6.45, 7) is 10.5. The molecule has 1 heterocycles. The fourth-order valence-corrected chi connectivity index (χ4v) is 5.24. The van der Waals surface area contributed by atoms with Crippen LogP contribution in [0.3, 0.4) is 0 Å². The van der Waals surface area contributed by atoms with Crippen molar-refractivity contribution in [2.24, 2.45) is 0 Å². The number of benzene rings is 1. The lowest BCUT2D eigenvalue weighted by Crippen LogP contribution is -2.36. The summed E-state index contributed by atoms with van der Waals surface area (Å²) < 4.78 is 23.6. The zero-order chi connectivity index (χ0) is 16.3. The first-order chi connectivity index (χ1) is 10.3. The molecule has 0 radical (unpaired) electrons. The quantitative estimate of drug-likeness (QED) is 0.805. The Morgan fingerprint density at radius 3 is 2.32 bits per heavy atom. The molecule has 0 spiro atoms. The monoisotopic (exact) mass is 323 g/mol. The average Bonchev–Trinajstić information content (AvgIpc) is 2.77. The molecule has 0 bridgehead atoms. The van der Waals surface area contributed by atoms with Crippen LogP contribution in [0.1, 0.15) is 48.4 Å². The van der Waals surface area contributed by atoms with Gasteiger partial charge in [0.05, 0.1) is 11.5 Å². The van der Waals surface area contributed by atoms with E-state index in [1.54, 1.807) is 0 Å².